The lowest BCUT2D eigenvalue weighted by Crippen LogP contribution is -2.27. The number of hydrogen-bond acceptors (Lipinski definition) is 2. The minimum Gasteiger partial charge on any atom is -0.464 e. The Labute approximate surface area is 102 Å². The van der Waals surface area contributed by atoms with E-state index in [-0.39, 0.29) is 11.8 Å². The van der Waals surface area contributed by atoms with Crippen molar-refractivity contribution in [2.24, 2.45) is 11.8 Å². The molecule has 1 heterocycles. The van der Waals surface area contributed by atoms with Crippen molar-refractivity contribution >= 4 is 5.91 Å². The van der Waals surface area contributed by atoms with Gasteiger partial charge in [0.05, 0.1) is 6.54 Å². The molecule has 2 aliphatic rings. The van der Waals surface area contributed by atoms with Gasteiger partial charge in [0.2, 0.25) is 5.91 Å². The SMILES string of the molecule is CC1CC1c1ccc(CN(C)C(=O)C2CC2)o1. The third kappa shape index (κ3) is 2.24. The number of carbonyl (C=O) groups is 1. The molecule has 2 aliphatic carbocycles. The zero-order chi connectivity index (χ0) is 12.0. The molecular formula is C14H19NO2. The summed E-state index contributed by atoms with van der Waals surface area (Å²) in [5.74, 6) is 3.95. The van der Waals surface area contributed by atoms with Crippen molar-refractivity contribution < 1.29 is 9.21 Å². The predicted octanol–water partition coefficient (Wildman–Crippen LogP) is 2.77. The second-order valence-corrected chi connectivity index (χ2v) is 5.59. The molecule has 0 aromatic carbocycles. The smallest absolute Gasteiger partial charge is 0.225 e. The summed E-state index contributed by atoms with van der Waals surface area (Å²) in [4.78, 5) is 13.6. The average molecular weight is 233 g/mol. The highest BCUT2D eigenvalue weighted by molar-refractivity contribution is 5.80. The monoisotopic (exact) mass is 233 g/mol. The number of rotatable bonds is 4. The summed E-state index contributed by atoms with van der Waals surface area (Å²) in [6.45, 7) is 2.85. The molecule has 2 fully saturated rings. The van der Waals surface area contributed by atoms with Crippen molar-refractivity contribution in [2.45, 2.75) is 38.6 Å². The van der Waals surface area contributed by atoms with Crippen molar-refractivity contribution in [2.75, 3.05) is 7.05 Å². The van der Waals surface area contributed by atoms with Gasteiger partial charge in [0.25, 0.3) is 0 Å². The summed E-state index contributed by atoms with van der Waals surface area (Å²) >= 11 is 0. The van der Waals surface area contributed by atoms with Crippen LogP contribution in [0, 0.1) is 11.8 Å². The van der Waals surface area contributed by atoms with Gasteiger partial charge in [-0.15, -0.1) is 0 Å². The molecule has 0 saturated heterocycles. The Balaban J connectivity index is 1.60. The zero-order valence-corrected chi connectivity index (χ0v) is 10.5. The van der Waals surface area contributed by atoms with Crippen LogP contribution in [0.4, 0.5) is 0 Å². The Morgan fingerprint density at radius 2 is 2.18 bits per heavy atom. The molecule has 17 heavy (non-hydrogen) atoms. The number of carbonyl (C=O) groups excluding carboxylic acids is 1. The van der Waals surface area contributed by atoms with Gasteiger partial charge in [0, 0.05) is 18.9 Å². The summed E-state index contributed by atoms with van der Waals surface area (Å²) in [5, 5.41) is 0. The Morgan fingerprint density at radius 3 is 2.76 bits per heavy atom. The lowest BCUT2D eigenvalue weighted by atomic mass is 10.3. The summed E-state index contributed by atoms with van der Waals surface area (Å²) < 4.78 is 5.81. The highest BCUT2D eigenvalue weighted by atomic mass is 16.3. The zero-order valence-electron chi connectivity index (χ0n) is 10.5. The van der Waals surface area contributed by atoms with E-state index in [0.29, 0.717) is 12.5 Å². The first-order valence-corrected chi connectivity index (χ1v) is 6.48. The van der Waals surface area contributed by atoms with Gasteiger partial charge in [-0.05, 0) is 37.3 Å². The van der Waals surface area contributed by atoms with Crippen molar-refractivity contribution in [3.05, 3.63) is 23.7 Å². The van der Waals surface area contributed by atoms with Crippen LogP contribution in [-0.4, -0.2) is 17.9 Å². The van der Waals surface area contributed by atoms with E-state index in [0.717, 1.165) is 30.3 Å². The number of furan rings is 1. The second kappa shape index (κ2) is 3.90. The summed E-state index contributed by atoms with van der Waals surface area (Å²) in [7, 11) is 1.86. The van der Waals surface area contributed by atoms with Crippen LogP contribution in [-0.2, 0) is 11.3 Å². The van der Waals surface area contributed by atoms with Crippen LogP contribution in [0.5, 0.6) is 0 Å². The lowest BCUT2D eigenvalue weighted by molar-refractivity contribution is -0.132. The standard InChI is InChI=1S/C14H19NO2/c1-9-7-12(9)13-6-5-11(17-13)8-15(2)14(16)10-3-4-10/h5-6,9-10,12H,3-4,7-8H2,1-2H3. The molecule has 2 atom stereocenters. The van der Waals surface area contributed by atoms with E-state index in [9.17, 15) is 4.79 Å². The lowest BCUT2D eigenvalue weighted by Gasteiger charge is -2.14. The third-order valence-electron chi connectivity index (χ3n) is 3.85. The fourth-order valence-corrected chi connectivity index (χ4v) is 2.35. The largest absolute Gasteiger partial charge is 0.464 e. The van der Waals surface area contributed by atoms with Crippen molar-refractivity contribution in [3.8, 4) is 0 Å². The van der Waals surface area contributed by atoms with E-state index in [1.807, 2.05) is 13.1 Å². The van der Waals surface area contributed by atoms with Gasteiger partial charge in [0.1, 0.15) is 11.5 Å². The van der Waals surface area contributed by atoms with E-state index in [4.69, 9.17) is 4.42 Å². The molecule has 3 nitrogen and oxygen atoms in total. The van der Waals surface area contributed by atoms with Crippen molar-refractivity contribution in [3.63, 3.8) is 0 Å². The van der Waals surface area contributed by atoms with Gasteiger partial charge in [0.15, 0.2) is 0 Å². The van der Waals surface area contributed by atoms with Crippen LogP contribution < -0.4 is 0 Å². The van der Waals surface area contributed by atoms with E-state index in [2.05, 4.69) is 13.0 Å². The molecule has 1 aromatic rings. The topological polar surface area (TPSA) is 33.5 Å². The molecule has 1 aromatic heterocycles. The highest BCUT2D eigenvalue weighted by Gasteiger charge is 2.37. The van der Waals surface area contributed by atoms with Crippen LogP contribution >= 0.6 is 0 Å². The van der Waals surface area contributed by atoms with Crippen molar-refractivity contribution in [1.29, 1.82) is 0 Å². The Bertz CT molecular complexity index is 433. The molecule has 0 aliphatic heterocycles. The van der Waals surface area contributed by atoms with E-state index in [1.54, 1.807) is 4.90 Å². The van der Waals surface area contributed by atoms with Gasteiger partial charge in [-0.1, -0.05) is 6.92 Å². The maximum Gasteiger partial charge on any atom is 0.225 e. The maximum atomic E-state index is 11.8. The predicted molar refractivity (Wildman–Crippen MR) is 64.4 cm³/mol. The van der Waals surface area contributed by atoms with Crippen molar-refractivity contribution in [1.82, 2.24) is 4.90 Å². The van der Waals surface area contributed by atoms with E-state index in [1.165, 1.54) is 6.42 Å². The van der Waals surface area contributed by atoms with Crippen LogP contribution in [0.25, 0.3) is 0 Å². The fourth-order valence-electron chi connectivity index (χ4n) is 2.35. The quantitative estimate of drug-likeness (QED) is 0.801. The molecule has 0 radical (unpaired) electrons. The third-order valence-corrected chi connectivity index (χ3v) is 3.85. The average Bonchev–Trinajstić information content (AvgIpc) is 3.20. The highest BCUT2D eigenvalue weighted by Crippen LogP contribution is 2.47. The molecule has 3 rings (SSSR count). The molecule has 0 spiro atoms. The van der Waals surface area contributed by atoms with Crippen LogP contribution in [0.2, 0.25) is 0 Å². The summed E-state index contributed by atoms with van der Waals surface area (Å²) in [6.07, 6.45) is 3.36. The number of hydrogen-bond donors (Lipinski definition) is 0. The van der Waals surface area contributed by atoms with Crippen LogP contribution in [0.15, 0.2) is 16.5 Å². The van der Waals surface area contributed by atoms with Crippen LogP contribution in [0.3, 0.4) is 0 Å². The number of amides is 1. The molecule has 3 heteroatoms. The molecule has 0 N–H and O–H groups in total. The molecule has 2 unspecified atom stereocenters. The molecule has 0 bridgehead atoms. The first-order chi connectivity index (χ1) is 8.15. The van der Waals surface area contributed by atoms with E-state index < -0.39 is 0 Å². The number of nitrogens with zero attached hydrogens (tertiary/aromatic N) is 1. The normalized spacial score (nSPS) is 26.9. The maximum absolute atomic E-state index is 11.8. The molecule has 2 saturated carbocycles. The molecular weight excluding hydrogens is 214 g/mol. The Morgan fingerprint density at radius 1 is 1.47 bits per heavy atom. The first-order valence-electron chi connectivity index (χ1n) is 6.48. The van der Waals surface area contributed by atoms with Crippen LogP contribution in [0.1, 0.15) is 43.6 Å². The molecule has 92 valence electrons. The van der Waals surface area contributed by atoms with Gasteiger partial charge in [-0.2, -0.15) is 0 Å². The Kier molecular flexibility index (Phi) is 2.49. The van der Waals surface area contributed by atoms with E-state index >= 15 is 0 Å². The Hall–Kier alpha value is -1.25. The minimum atomic E-state index is 0.266. The van der Waals surface area contributed by atoms with Gasteiger partial charge in [-0.3, -0.25) is 4.79 Å². The van der Waals surface area contributed by atoms with Gasteiger partial charge in [-0.25, -0.2) is 0 Å². The fraction of sp³-hybridized carbons (Fsp3) is 0.643. The van der Waals surface area contributed by atoms with Gasteiger partial charge >= 0.3 is 0 Å². The summed E-state index contributed by atoms with van der Waals surface area (Å²) in [6, 6.07) is 4.08. The molecule has 1 amide bonds. The first kappa shape index (κ1) is 10.9. The minimum absolute atomic E-state index is 0.266. The van der Waals surface area contributed by atoms with Gasteiger partial charge < -0.3 is 9.32 Å². The second-order valence-electron chi connectivity index (χ2n) is 5.59. The summed E-state index contributed by atoms with van der Waals surface area (Å²) in [5.41, 5.74) is 0.